The summed E-state index contributed by atoms with van der Waals surface area (Å²) in [6, 6.07) is 10.1. The maximum atomic E-state index is 13.3. The van der Waals surface area contributed by atoms with Gasteiger partial charge in [-0.05, 0) is 67.1 Å². The Balaban J connectivity index is 1.47. The summed E-state index contributed by atoms with van der Waals surface area (Å²) in [5.74, 6) is 0.0405. The Morgan fingerprint density at radius 2 is 2.00 bits per heavy atom. The molecule has 2 atom stereocenters. The summed E-state index contributed by atoms with van der Waals surface area (Å²) in [5, 5.41) is 8.81. The zero-order valence-corrected chi connectivity index (χ0v) is 22.1. The van der Waals surface area contributed by atoms with E-state index in [0.29, 0.717) is 46.9 Å². The second-order valence-corrected chi connectivity index (χ2v) is 9.92. The number of ether oxygens (including phenoxy) is 1. The molecule has 0 saturated heterocycles. The fourth-order valence-corrected chi connectivity index (χ4v) is 5.10. The Kier molecular flexibility index (Phi) is 7.67. The predicted molar refractivity (Wildman–Crippen MR) is 149 cm³/mol. The molecule has 39 heavy (non-hydrogen) atoms. The normalized spacial score (nSPS) is 19.3. The third-order valence-corrected chi connectivity index (χ3v) is 7.17. The van der Waals surface area contributed by atoms with Crippen molar-refractivity contribution in [3.05, 3.63) is 76.2 Å². The van der Waals surface area contributed by atoms with Gasteiger partial charge in [-0.3, -0.25) is 14.9 Å². The van der Waals surface area contributed by atoms with Crippen molar-refractivity contribution < 1.29 is 19.1 Å². The van der Waals surface area contributed by atoms with Crippen molar-refractivity contribution >= 4 is 40.9 Å². The van der Waals surface area contributed by atoms with E-state index in [4.69, 9.17) is 22.3 Å². The van der Waals surface area contributed by atoms with Crippen LogP contribution in [0, 0.1) is 0 Å². The van der Waals surface area contributed by atoms with Crippen molar-refractivity contribution in [2.45, 2.75) is 44.2 Å². The fraction of sp³-hybridized carbons (Fsp3) is 0.286. The van der Waals surface area contributed by atoms with E-state index in [9.17, 15) is 14.4 Å². The maximum absolute atomic E-state index is 13.3. The van der Waals surface area contributed by atoms with Gasteiger partial charge in [0, 0.05) is 29.3 Å². The number of hydrogen-bond donors (Lipinski definition) is 5. The molecular weight excluding hydrogens is 520 g/mol. The first-order chi connectivity index (χ1) is 18.8. The zero-order valence-electron chi connectivity index (χ0n) is 21.3. The van der Waals surface area contributed by atoms with Crippen molar-refractivity contribution in [2.24, 2.45) is 5.73 Å². The van der Waals surface area contributed by atoms with Crippen molar-refractivity contribution in [3.8, 4) is 11.3 Å². The molecule has 3 aromatic rings. The molecule has 0 fully saturated rings. The Bertz CT molecular complexity index is 1470. The standard InChI is InChI=1S/C28H29ClN6O4/c1-39-28(38)31-17-9-11-19-22(14-17)32-23(36)6-4-2-3-5-21(26-34-24(19)25(29)35-26)33-27(37)16-7-10-18-15(13-16)8-12-20(18)30/h2-3,7,9-11,13-14,20-21H,4-6,8,12,30H2,1H3,(H,31,38)(H,32,36)(H,33,37)(H,34,35)/b3-2+/t20-,21+/m1/s1. The molecule has 0 saturated carbocycles. The number of nitrogens with two attached hydrogens (primary N) is 1. The number of fused-ring (bicyclic) bond motifs is 5. The average Bonchev–Trinajstić information content (AvgIpc) is 3.49. The number of hydrogen-bond acceptors (Lipinski definition) is 6. The number of imidazole rings is 1. The SMILES string of the molecule is COC(=O)Nc1ccc2c(c1)NC(=O)CC/C=C/C[C@H](NC(=O)c1ccc3c(c1)CC[C@H]3N)c1nc-2c(Cl)[nH]1. The molecule has 0 spiro atoms. The molecule has 2 bridgehead atoms. The first kappa shape index (κ1) is 26.5. The van der Waals surface area contributed by atoms with Crippen LogP contribution in [-0.4, -0.2) is 35.0 Å². The van der Waals surface area contributed by atoms with Crippen LogP contribution in [0.15, 0.2) is 48.6 Å². The molecule has 11 heteroatoms. The first-order valence-electron chi connectivity index (χ1n) is 12.7. The van der Waals surface area contributed by atoms with Crippen molar-refractivity contribution in [3.63, 3.8) is 0 Å². The molecule has 2 aliphatic rings. The number of aryl methyl sites for hydroxylation is 1. The number of nitrogens with one attached hydrogen (secondary N) is 4. The second kappa shape index (κ2) is 11.3. The number of nitrogens with zero attached hydrogens (tertiary/aromatic N) is 1. The van der Waals surface area contributed by atoms with Crippen molar-refractivity contribution in [1.29, 1.82) is 0 Å². The third-order valence-electron chi connectivity index (χ3n) is 6.90. The minimum atomic E-state index is -0.638. The monoisotopic (exact) mass is 548 g/mol. The maximum Gasteiger partial charge on any atom is 0.411 e. The third kappa shape index (κ3) is 5.81. The van der Waals surface area contributed by atoms with Gasteiger partial charge in [0.25, 0.3) is 5.91 Å². The number of anilines is 2. The fourth-order valence-electron chi connectivity index (χ4n) is 4.86. The Morgan fingerprint density at radius 1 is 1.15 bits per heavy atom. The first-order valence-corrected chi connectivity index (χ1v) is 13.1. The summed E-state index contributed by atoms with van der Waals surface area (Å²) >= 11 is 6.59. The van der Waals surface area contributed by atoms with Gasteiger partial charge in [0.05, 0.1) is 18.8 Å². The van der Waals surface area contributed by atoms with E-state index in [2.05, 4.69) is 25.7 Å². The second-order valence-electron chi connectivity index (χ2n) is 9.54. The number of aromatic amines is 1. The number of halogens is 1. The molecule has 1 aliphatic carbocycles. The van der Waals surface area contributed by atoms with E-state index in [0.717, 1.165) is 24.0 Å². The molecule has 3 amide bonds. The van der Waals surface area contributed by atoms with Crippen LogP contribution in [0.3, 0.4) is 0 Å². The number of benzene rings is 2. The molecule has 1 aromatic heterocycles. The summed E-state index contributed by atoms with van der Waals surface area (Å²) in [7, 11) is 1.27. The van der Waals surface area contributed by atoms with Crippen LogP contribution in [-0.2, 0) is 16.0 Å². The van der Waals surface area contributed by atoms with Crippen molar-refractivity contribution in [1.82, 2.24) is 15.3 Å². The molecule has 202 valence electrons. The summed E-state index contributed by atoms with van der Waals surface area (Å²) < 4.78 is 4.67. The number of carbonyl (C=O) groups is 3. The quantitative estimate of drug-likeness (QED) is 0.290. The molecule has 5 rings (SSSR count). The molecule has 0 radical (unpaired) electrons. The van der Waals surface area contributed by atoms with E-state index in [-0.39, 0.29) is 29.4 Å². The van der Waals surface area contributed by atoms with Gasteiger partial charge in [0.1, 0.15) is 16.7 Å². The molecule has 0 unspecified atom stereocenters. The molecule has 6 N–H and O–H groups in total. The van der Waals surface area contributed by atoms with Gasteiger partial charge in [-0.25, -0.2) is 9.78 Å². The summed E-state index contributed by atoms with van der Waals surface area (Å²) in [6.45, 7) is 0. The summed E-state index contributed by atoms with van der Waals surface area (Å²) in [5.41, 5.74) is 10.7. The van der Waals surface area contributed by atoms with E-state index < -0.39 is 12.1 Å². The van der Waals surface area contributed by atoms with Gasteiger partial charge in [-0.1, -0.05) is 29.8 Å². The van der Waals surface area contributed by atoms with E-state index in [1.165, 1.54) is 7.11 Å². The Morgan fingerprint density at radius 3 is 2.82 bits per heavy atom. The van der Waals surface area contributed by atoms with Gasteiger partial charge < -0.3 is 26.1 Å². The lowest BCUT2D eigenvalue weighted by atomic mass is 10.0. The highest BCUT2D eigenvalue weighted by atomic mass is 35.5. The number of rotatable bonds is 3. The lowest BCUT2D eigenvalue weighted by Gasteiger charge is -2.16. The van der Waals surface area contributed by atoms with E-state index in [1.54, 1.807) is 24.3 Å². The van der Waals surface area contributed by atoms with Gasteiger partial charge >= 0.3 is 6.09 Å². The lowest BCUT2D eigenvalue weighted by molar-refractivity contribution is -0.116. The van der Waals surface area contributed by atoms with Crippen LogP contribution in [0.2, 0.25) is 5.15 Å². The molecule has 2 aromatic carbocycles. The van der Waals surface area contributed by atoms with Crippen LogP contribution >= 0.6 is 11.6 Å². The van der Waals surface area contributed by atoms with Gasteiger partial charge in [-0.15, -0.1) is 0 Å². The van der Waals surface area contributed by atoms with Crippen LogP contribution < -0.4 is 21.7 Å². The number of amides is 3. The van der Waals surface area contributed by atoms with Crippen LogP contribution in [0.1, 0.15) is 65.1 Å². The van der Waals surface area contributed by atoms with Gasteiger partial charge in [-0.2, -0.15) is 0 Å². The van der Waals surface area contributed by atoms with E-state index >= 15 is 0 Å². The number of aromatic nitrogens is 2. The number of methoxy groups -OCH3 is 1. The van der Waals surface area contributed by atoms with Gasteiger partial charge in [0.15, 0.2) is 0 Å². The smallest absolute Gasteiger partial charge is 0.411 e. The highest BCUT2D eigenvalue weighted by molar-refractivity contribution is 6.32. The van der Waals surface area contributed by atoms with Gasteiger partial charge in [0.2, 0.25) is 5.91 Å². The average molecular weight is 549 g/mol. The number of carbonyl (C=O) groups excluding carboxylic acids is 3. The lowest BCUT2D eigenvalue weighted by Crippen LogP contribution is -2.29. The highest BCUT2D eigenvalue weighted by Crippen LogP contribution is 2.36. The Hall–Kier alpha value is -4.15. The van der Waals surface area contributed by atoms with Crippen molar-refractivity contribution in [2.75, 3.05) is 17.7 Å². The minimum absolute atomic E-state index is 0.0119. The topological polar surface area (TPSA) is 151 Å². The van der Waals surface area contributed by atoms with Crippen LogP contribution in [0.5, 0.6) is 0 Å². The highest BCUT2D eigenvalue weighted by Gasteiger charge is 2.25. The zero-order chi connectivity index (χ0) is 27.5. The number of allylic oxidation sites excluding steroid dienone is 1. The molecule has 1 aliphatic heterocycles. The Labute approximate surface area is 230 Å². The van der Waals surface area contributed by atoms with Crippen LogP contribution in [0.4, 0.5) is 16.2 Å². The molecular formula is C28H29ClN6O4. The largest absolute Gasteiger partial charge is 0.453 e. The minimum Gasteiger partial charge on any atom is -0.453 e. The number of H-pyrrole nitrogens is 1. The summed E-state index contributed by atoms with van der Waals surface area (Å²) in [4.78, 5) is 45.5. The molecule has 10 nitrogen and oxygen atoms in total. The van der Waals surface area contributed by atoms with Crippen LogP contribution in [0.25, 0.3) is 11.3 Å². The summed E-state index contributed by atoms with van der Waals surface area (Å²) in [6.07, 6.45) is 6.11. The predicted octanol–water partition coefficient (Wildman–Crippen LogP) is 5.00. The van der Waals surface area contributed by atoms with E-state index in [1.807, 2.05) is 24.3 Å². The molecule has 2 heterocycles.